The summed E-state index contributed by atoms with van der Waals surface area (Å²) in [5.41, 5.74) is 3.70. The van der Waals surface area contributed by atoms with E-state index in [0.717, 1.165) is 26.9 Å². The van der Waals surface area contributed by atoms with E-state index in [0.29, 0.717) is 11.5 Å². The average Bonchev–Trinajstić information content (AvgIpc) is 3.01. The van der Waals surface area contributed by atoms with Crippen LogP contribution in [-0.4, -0.2) is 11.7 Å². The standard InChI is InChI=1S/C23H16BrFN2O/c1-15-3-2-4-17(13-15)22-26-21(14-16-5-9-19(25)10-6-16)23(28)27(22)20-11-7-18(24)8-12-20/h2-14H,1H3/b21-14+. The van der Waals surface area contributed by atoms with Gasteiger partial charge in [-0.1, -0.05) is 51.8 Å². The van der Waals surface area contributed by atoms with Crippen molar-refractivity contribution in [2.24, 2.45) is 4.99 Å². The highest BCUT2D eigenvalue weighted by Crippen LogP contribution is 2.29. The highest BCUT2D eigenvalue weighted by molar-refractivity contribution is 9.10. The molecule has 0 N–H and O–H groups in total. The molecular weight excluding hydrogens is 419 g/mol. The second-order valence-corrected chi connectivity index (χ2v) is 7.42. The lowest BCUT2D eigenvalue weighted by Gasteiger charge is -2.19. The van der Waals surface area contributed by atoms with Gasteiger partial charge >= 0.3 is 0 Å². The molecule has 28 heavy (non-hydrogen) atoms. The molecule has 0 spiro atoms. The van der Waals surface area contributed by atoms with Crippen LogP contribution in [0.3, 0.4) is 0 Å². The third kappa shape index (κ3) is 3.66. The van der Waals surface area contributed by atoms with Crippen LogP contribution in [0.2, 0.25) is 0 Å². The Hall–Kier alpha value is -3.05. The van der Waals surface area contributed by atoms with Crippen molar-refractivity contribution in [3.63, 3.8) is 0 Å². The monoisotopic (exact) mass is 434 g/mol. The lowest BCUT2D eigenvalue weighted by Crippen LogP contribution is -2.32. The van der Waals surface area contributed by atoms with Gasteiger partial charge in [-0.2, -0.15) is 0 Å². The Morgan fingerprint density at radius 3 is 2.39 bits per heavy atom. The van der Waals surface area contributed by atoms with Gasteiger partial charge in [0.1, 0.15) is 17.3 Å². The van der Waals surface area contributed by atoms with Crippen LogP contribution in [0.1, 0.15) is 16.7 Å². The number of hydrogen-bond donors (Lipinski definition) is 0. The third-order valence-electron chi connectivity index (χ3n) is 4.39. The first kappa shape index (κ1) is 18.3. The summed E-state index contributed by atoms with van der Waals surface area (Å²) in [7, 11) is 0. The molecule has 3 aromatic rings. The number of halogens is 2. The van der Waals surface area contributed by atoms with Gasteiger partial charge in [0.25, 0.3) is 5.91 Å². The highest BCUT2D eigenvalue weighted by Gasteiger charge is 2.32. The van der Waals surface area contributed by atoms with Crippen LogP contribution in [0.15, 0.2) is 88.0 Å². The largest absolute Gasteiger partial charge is 0.282 e. The van der Waals surface area contributed by atoms with Crippen molar-refractivity contribution in [1.82, 2.24) is 0 Å². The maximum Gasteiger partial charge on any atom is 0.282 e. The second kappa shape index (κ2) is 7.52. The average molecular weight is 435 g/mol. The number of aliphatic imine (C=N–C) groups is 1. The van der Waals surface area contributed by atoms with Crippen molar-refractivity contribution in [3.05, 3.63) is 105 Å². The van der Waals surface area contributed by atoms with Crippen molar-refractivity contribution < 1.29 is 9.18 Å². The molecule has 4 rings (SSSR count). The smallest absolute Gasteiger partial charge is 0.266 e. The Balaban J connectivity index is 1.82. The number of anilines is 1. The molecule has 3 nitrogen and oxygen atoms in total. The molecule has 5 heteroatoms. The molecular formula is C23H16BrFN2O. The zero-order valence-electron chi connectivity index (χ0n) is 15.1. The number of hydrogen-bond acceptors (Lipinski definition) is 2. The number of nitrogens with zero attached hydrogens (tertiary/aromatic N) is 2. The number of amides is 1. The summed E-state index contributed by atoms with van der Waals surface area (Å²) < 4.78 is 14.1. The van der Waals surface area contributed by atoms with Gasteiger partial charge in [0.05, 0.1) is 5.69 Å². The molecule has 0 fully saturated rings. The molecule has 1 amide bonds. The van der Waals surface area contributed by atoms with Gasteiger partial charge < -0.3 is 0 Å². The molecule has 0 unspecified atom stereocenters. The molecule has 0 saturated heterocycles. The van der Waals surface area contributed by atoms with Crippen LogP contribution in [0.4, 0.5) is 10.1 Å². The predicted molar refractivity (Wildman–Crippen MR) is 114 cm³/mol. The molecule has 1 aliphatic rings. The second-order valence-electron chi connectivity index (χ2n) is 6.50. The molecule has 138 valence electrons. The summed E-state index contributed by atoms with van der Waals surface area (Å²) in [5, 5.41) is 0. The third-order valence-corrected chi connectivity index (χ3v) is 4.92. The predicted octanol–water partition coefficient (Wildman–Crippen LogP) is 5.73. The van der Waals surface area contributed by atoms with Crippen molar-refractivity contribution in [2.75, 3.05) is 4.90 Å². The van der Waals surface area contributed by atoms with Crippen LogP contribution in [0.25, 0.3) is 6.08 Å². The van der Waals surface area contributed by atoms with Gasteiger partial charge in [-0.05, 0) is 61.0 Å². The number of aryl methyl sites for hydroxylation is 1. The van der Waals surface area contributed by atoms with Crippen LogP contribution in [0.5, 0.6) is 0 Å². The van der Waals surface area contributed by atoms with E-state index >= 15 is 0 Å². The zero-order chi connectivity index (χ0) is 19.7. The van der Waals surface area contributed by atoms with Crippen molar-refractivity contribution in [2.45, 2.75) is 6.92 Å². The van der Waals surface area contributed by atoms with Crippen LogP contribution >= 0.6 is 15.9 Å². The van der Waals surface area contributed by atoms with Gasteiger partial charge in [-0.3, -0.25) is 9.69 Å². The number of carbonyl (C=O) groups is 1. The minimum Gasteiger partial charge on any atom is -0.266 e. The van der Waals surface area contributed by atoms with Gasteiger partial charge in [-0.15, -0.1) is 0 Å². The van der Waals surface area contributed by atoms with Crippen molar-refractivity contribution >= 4 is 39.4 Å². The quantitative estimate of drug-likeness (QED) is 0.484. The first-order chi connectivity index (χ1) is 13.5. The number of rotatable bonds is 3. The van der Waals surface area contributed by atoms with Gasteiger partial charge in [0, 0.05) is 10.0 Å². The fourth-order valence-electron chi connectivity index (χ4n) is 3.04. The lowest BCUT2D eigenvalue weighted by atomic mass is 10.1. The summed E-state index contributed by atoms with van der Waals surface area (Å²) in [5.74, 6) is 0.0351. The van der Waals surface area contributed by atoms with Crippen molar-refractivity contribution in [1.29, 1.82) is 0 Å². The molecule has 0 bridgehead atoms. The Labute approximate surface area is 171 Å². The number of amidine groups is 1. The van der Waals surface area contributed by atoms with E-state index in [4.69, 9.17) is 0 Å². The number of benzene rings is 3. The Morgan fingerprint density at radius 2 is 1.71 bits per heavy atom. The molecule has 0 aliphatic carbocycles. The molecule has 3 aromatic carbocycles. The van der Waals surface area contributed by atoms with Gasteiger partial charge in [0.15, 0.2) is 0 Å². The summed E-state index contributed by atoms with van der Waals surface area (Å²) in [6.45, 7) is 2.00. The Morgan fingerprint density at radius 1 is 1.00 bits per heavy atom. The molecule has 0 saturated carbocycles. The highest BCUT2D eigenvalue weighted by atomic mass is 79.9. The van der Waals surface area contributed by atoms with Crippen LogP contribution in [0, 0.1) is 12.7 Å². The van der Waals surface area contributed by atoms with Crippen LogP contribution < -0.4 is 4.90 Å². The topological polar surface area (TPSA) is 32.7 Å². The normalized spacial score (nSPS) is 15.2. The van der Waals surface area contributed by atoms with Gasteiger partial charge in [-0.25, -0.2) is 9.38 Å². The first-order valence-corrected chi connectivity index (χ1v) is 9.53. The zero-order valence-corrected chi connectivity index (χ0v) is 16.7. The van der Waals surface area contributed by atoms with E-state index < -0.39 is 0 Å². The summed E-state index contributed by atoms with van der Waals surface area (Å²) in [4.78, 5) is 19.4. The molecule has 0 aromatic heterocycles. The summed E-state index contributed by atoms with van der Waals surface area (Å²) in [6, 6.07) is 21.4. The molecule has 1 heterocycles. The Bertz CT molecular complexity index is 1100. The van der Waals surface area contributed by atoms with Crippen LogP contribution in [-0.2, 0) is 4.79 Å². The molecule has 0 atom stereocenters. The Kier molecular flexibility index (Phi) is 4.92. The minimum atomic E-state index is -0.319. The van der Waals surface area contributed by atoms with E-state index in [1.54, 1.807) is 23.1 Å². The molecule has 0 radical (unpaired) electrons. The van der Waals surface area contributed by atoms with Gasteiger partial charge in [0.2, 0.25) is 0 Å². The molecule has 1 aliphatic heterocycles. The van der Waals surface area contributed by atoms with E-state index in [-0.39, 0.29) is 11.7 Å². The van der Waals surface area contributed by atoms with E-state index in [1.165, 1.54) is 12.1 Å². The van der Waals surface area contributed by atoms with E-state index in [2.05, 4.69) is 20.9 Å². The summed E-state index contributed by atoms with van der Waals surface area (Å²) in [6.07, 6.45) is 1.68. The van der Waals surface area contributed by atoms with E-state index in [1.807, 2.05) is 55.5 Å². The fraction of sp³-hybridized carbons (Fsp3) is 0.0435. The minimum absolute atomic E-state index is 0.219. The van der Waals surface area contributed by atoms with E-state index in [9.17, 15) is 9.18 Å². The first-order valence-electron chi connectivity index (χ1n) is 8.74. The fourth-order valence-corrected chi connectivity index (χ4v) is 3.31. The summed E-state index contributed by atoms with van der Waals surface area (Å²) >= 11 is 3.42. The SMILES string of the molecule is Cc1cccc(C2=N/C(=C/c3ccc(F)cc3)C(=O)N2c2ccc(Br)cc2)c1. The maximum atomic E-state index is 13.2. The maximum absolute atomic E-state index is 13.2. The van der Waals surface area contributed by atoms with Crippen molar-refractivity contribution in [3.8, 4) is 0 Å². The number of carbonyl (C=O) groups excluding carboxylic acids is 1. The lowest BCUT2D eigenvalue weighted by molar-refractivity contribution is -0.113.